The zero-order valence-corrected chi connectivity index (χ0v) is 19.7. The van der Waals surface area contributed by atoms with Crippen molar-refractivity contribution in [2.24, 2.45) is 0 Å². The molecule has 1 saturated carbocycles. The third-order valence-electron chi connectivity index (χ3n) is 6.83. The van der Waals surface area contributed by atoms with Crippen LogP contribution in [0.4, 0.5) is 15.8 Å². The third-order valence-corrected chi connectivity index (χ3v) is 8.48. The smallest absolute Gasteiger partial charge is 0.264 e. The van der Waals surface area contributed by atoms with Gasteiger partial charge in [0.25, 0.3) is 10.0 Å². The van der Waals surface area contributed by atoms with Gasteiger partial charge in [0.05, 0.1) is 16.8 Å². The average molecular weight is 494 g/mol. The molecule has 10 heteroatoms. The molecule has 2 N–H and O–H groups in total. The van der Waals surface area contributed by atoms with E-state index in [1.165, 1.54) is 6.07 Å². The van der Waals surface area contributed by atoms with Crippen molar-refractivity contribution in [3.8, 4) is 5.75 Å². The molecule has 2 aromatic rings. The molecule has 0 bridgehead atoms. The first kappa shape index (κ1) is 22.4. The van der Waals surface area contributed by atoms with Gasteiger partial charge < -0.3 is 15.0 Å². The van der Waals surface area contributed by atoms with E-state index in [2.05, 4.69) is 14.9 Å². The molecule has 7 nitrogen and oxygen atoms in total. The summed E-state index contributed by atoms with van der Waals surface area (Å²) in [5.41, 5.74) is 0.889. The molecule has 1 atom stereocenters. The molecule has 0 radical (unpaired) electrons. The Kier molecular flexibility index (Phi) is 5.54. The summed E-state index contributed by atoms with van der Waals surface area (Å²) in [4.78, 5) is 14.7. The predicted octanol–water partition coefficient (Wildman–Crippen LogP) is 4.13. The zero-order valence-electron chi connectivity index (χ0n) is 18.2. The number of likely N-dealkylation sites (N-methyl/N-ethyl adjacent to an activating group) is 1. The quantitative estimate of drug-likeness (QED) is 0.654. The molecule has 176 valence electrons. The highest BCUT2D eigenvalue weighted by atomic mass is 35.5. The number of fused-ring (bicyclic) bond motifs is 2. The maximum Gasteiger partial charge on any atom is 0.264 e. The van der Waals surface area contributed by atoms with Crippen LogP contribution in [0.2, 0.25) is 5.02 Å². The summed E-state index contributed by atoms with van der Waals surface area (Å²) in [6.07, 6.45) is 3.98. The SMILES string of the molecule is CN1CCC(Oc2cc(NS(=O)(=O)c3ccc(Cl)cc3F)cc3c2NC(=O)C32CCCC2)C1. The van der Waals surface area contributed by atoms with Gasteiger partial charge in [-0.1, -0.05) is 24.4 Å². The first-order valence-electron chi connectivity index (χ1n) is 11.0. The number of amides is 1. The van der Waals surface area contributed by atoms with Crippen LogP contribution in [0.5, 0.6) is 5.75 Å². The third kappa shape index (κ3) is 3.96. The molecule has 1 spiro atoms. The Hall–Kier alpha value is -2.36. The van der Waals surface area contributed by atoms with Crippen LogP contribution in [0.1, 0.15) is 37.7 Å². The van der Waals surface area contributed by atoms with Crippen LogP contribution in [-0.2, 0) is 20.2 Å². The molecule has 3 aliphatic rings. The van der Waals surface area contributed by atoms with Crippen LogP contribution in [0.15, 0.2) is 35.2 Å². The fourth-order valence-electron chi connectivity index (χ4n) is 5.18. The van der Waals surface area contributed by atoms with Gasteiger partial charge in [-0.15, -0.1) is 0 Å². The maximum absolute atomic E-state index is 14.4. The van der Waals surface area contributed by atoms with E-state index < -0.39 is 26.2 Å². The Bertz CT molecular complexity index is 1230. The lowest BCUT2D eigenvalue weighted by atomic mass is 9.80. The molecule has 33 heavy (non-hydrogen) atoms. The molecule has 1 aliphatic carbocycles. The van der Waals surface area contributed by atoms with Crippen molar-refractivity contribution in [3.63, 3.8) is 0 Å². The fourth-order valence-corrected chi connectivity index (χ4v) is 6.44. The lowest BCUT2D eigenvalue weighted by Gasteiger charge is -2.23. The number of carbonyl (C=O) groups is 1. The van der Waals surface area contributed by atoms with E-state index in [1.807, 2.05) is 7.05 Å². The minimum atomic E-state index is -4.23. The zero-order chi connectivity index (χ0) is 23.4. The summed E-state index contributed by atoms with van der Waals surface area (Å²) in [7, 11) is -2.22. The van der Waals surface area contributed by atoms with Crippen LogP contribution in [0.25, 0.3) is 0 Å². The fraction of sp³-hybridized carbons (Fsp3) is 0.435. The Labute approximate surface area is 197 Å². The Morgan fingerprint density at radius 2 is 2.00 bits per heavy atom. The Balaban J connectivity index is 1.56. The summed E-state index contributed by atoms with van der Waals surface area (Å²) in [6.45, 7) is 1.63. The van der Waals surface area contributed by atoms with E-state index in [9.17, 15) is 17.6 Å². The standard InChI is InChI=1S/C23H25ClFN3O4S/c1-28-9-6-16(13-28)32-19-12-15(27-33(30,31)20-5-4-14(24)10-18(20)25)11-17-21(19)26-22(29)23(17)7-2-3-8-23/h4-5,10-12,16,27H,2-3,6-9,13H2,1H3,(H,26,29). The molecule has 0 aromatic heterocycles. The van der Waals surface area contributed by atoms with Crippen molar-refractivity contribution in [3.05, 3.63) is 46.7 Å². The van der Waals surface area contributed by atoms with Gasteiger partial charge in [0.15, 0.2) is 0 Å². The van der Waals surface area contributed by atoms with Gasteiger partial charge in [-0.2, -0.15) is 0 Å². The predicted molar refractivity (Wildman–Crippen MR) is 124 cm³/mol. The normalized spacial score (nSPS) is 21.9. The molecule has 2 aliphatic heterocycles. The summed E-state index contributed by atoms with van der Waals surface area (Å²) < 4.78 is 49.1. The van der Waals surface area contributed by atoms with Crippen molar-refractivity contribution in [2.75, 3.05) is 30.2 Å². The number of rotatable bonds is 5. The van der Waals surface area contributed by atoms with Gasteiger partial charge >= 0.3 is 0 Å². The van der Waals surface area contributed by atoms with Gasteiger partial charge in [-0.3, -0.25) is 9.52 Å². The number of nitrogens with one attached hydrogen (secondary N) is 2. The van der Waals surface area contributed by atoms with E-state index in [1.54, 1.807) is 12.1 Å². The van der Waals surface area contributed by atoms with Gasteiger partial charge in [0.2, 0.25) is 5.91 Å². The van der Waals surface area contributed by atoms with Crippen molar-refractivity contribution >= 4 is 38.9 Å². The van der Waals surface area contributed by atoms with Crippen LogP contribution in [0.3, 0.4) is 0 Å². The number of likely N-dealkylation sites (tertiary alicyclic amines) is 1. The number of halogens is 2. The summed E-state index contributed by atoms with van der Waals surface area (Å²) in [5.74, 6) is -0.586. The minimum absolute atomic E-state index is 0.0725. The first-order valence-corrected chi connectivity index (χ1v) is 12.9. The number of benzene rings is 2. The van der Waals surface area contributed by atoms with Gasteiger partial charge in [-0.25, -0.2) is 12.8 Å². The average Bonchev–Trinajstić information content (AvgIpc) is 3.44. The molecule has 1 unspecified atom stereocenters. The number of hydrogen-bond donors (Lipinski definition) is 2. The molecular weight excluding hydrogens is 469 g/mol. The largest absolute Gasteiger partial charge is 0.487 e. The monoisotopic (exact) mass is 493 g/mol. The van der Waals surface area contributed by atoms with Crippen LogP contribution in [-0.4, -0.2) is 45.5 Å². The van der Waals surface area contributed by atoms with Crippen molar-refractivity contribution in [2.45, 2.75) is 48.5 Å². The topological polar surface area (TPSA) is 87.7 Å². The first-order chi connectivity index (χ1) is 15.7. The second-order valence-corrected chi connectivity index (χ2v) is 11.2. The van der Waals surface area contributed by atoms with Crippen molar-refractivity contribution in [1.29, 1.82) is 0 Å². The second kappa shape index (κ2) is 8.14. The van der Waals surface area contributed by atoms with E-state index in [4.69, 9.17) is 16.3 Å². The molecule has 5 rings (SSSR count). The minimum Gasteiger partial charge on any atom is -0.487 e. The molecule has 2 aromatic carbocycles. The Morgan fingerprint density at radius 1 is 1.24 bits per heavy atom. The van der Waals surface area contributed by atoms with Crippen molar-refractivity contribution < 1.29 is 22.3 Å². The van der Waals surface area contributed by atoms with Gasteiger partial charge in [-0.05, 0) is 56.1 Å². The van der Waals surface area contributed by atoms with Gasteiger partial charge in [0, 0.05) is 24.2 Å². The van der Waals surface area contributed by atoms with E-state index >= 15 is 0 Å². The molecule has 2 fully saturated rings. The number of hydrogen-bond acceptors (Lipinski definition) is 5. The molecule has 1 amide bonds. The van der Waals surface area contributed by atoms with Crippen LogP contribution >= 0.6 is 11.6 Å². The van der Waals surface area contributed by atoms with Crippen molar-refractivity contribution in [1.82, 2.24) is 4.90 Å². The lowest BCUT2D eigenvalue weighted by Crippen LogP contribution is -2.31. The van der Waals surface area contributed by atoms with E-state index in [0.717, 1.165) is 50.0 Å². The number of carbonyl (C=O) groups excluding carboxylic acids is 1. The summed E-state index contributed by atoms with van der Waals surface area (Å²) in [6, 6.07) is 6.65. The molecular formula is C23H25ClFN3O4S. The number of anilines is 2. The van der Waals surface area contributed by atoms with E-state index in [0.29, 0.717) is 24.3 Å². The highest BCUT2D eigenvalue weighted by Gasteiger charge is 2.50. The lowest BCUT2D eigenvalue weighted by molar-refractivity contribution is -0.120. The second-order valence-electron chi connectivity index (χ2n) is 9.11. The Morgan fingerprint density at radius 3 is 2.67 bits per heavy atom. The molecule has 1 saturated heterocycles. The van der Waals surface area contributed by atoms with Gasteiger partial charge in [0.1, 0.15) is 22.6 Å². The highest BCUT2D eigenvalue weighted by molar-refractivity contribution is 7.92. The van der Waals surface area contributed by atoms with E-state index in [-0.39, 0.29) is 22.7 Å². The molecule has 2 heterocycles. The summed E-state index contributed by atoms with van der Waals surface area (Å²) >= 11 is 5.77. The number of ether oxygens (including phenoxy) is 1. The summed E-state index contributed by atoms with van der Waals surface area (Å²) in [5, 5.41) is 3.10. The number of nitrogens with zero attached hydrogens (tertiary/aromatic N) is 1. The van der Waals surface area contributed by atoms with Crippen LogP contribution in [0, 0.1) is 5.82 Å². The highest BCUT2D eigenvalue weighted by Crippen LogP contribution is 2.53. The maximum atomic E-state index is 14.4. The number of sulfonamides is 1. The van der Waals surface area contributed by atoms with Crippen LogP contribution < -0.4 is 14.8 Å².